The Morgan fingerprint density at radius 2 is 1.36 bits per heavy atom. The largest absolute Gasteiger partial charge is 0.488 e. The molecule has 0 aliphatic carbocycles. The summed E-state index contributed by atoms with van der Waals surface area (Å²) in [4.78, 5) is 64.4. The first-order chi connectivity index (χ1) is 25.2. The zero-order chi connectivity index (χ0) is 38.8. The van der Waals surface area contributed by atoms with Crippen LogP contribution in [0.25, 0.3) is 0 Å². The normalized spacial score (nSPS) is 12.6. The molecule has 0 aromatic heterocycles. The fraction of sp³-hybridized carbons (Fsp3) is 0.410. The van der Waals surface area contributed by atoms with Crippen LogP contribution in [0.1, 0.15) is 63.6 Å². The maximum Gasteiger partial charge on any atom is 0.408 e. The predicted molar refractivity (Wildman–Crippen MR) is 207 cm³/mol. The van der Waals surface area contributed by atoms with Gasteiger partial charge in [0.1, 0.15) is 42.7 Å². The van der Waals surface area contributed by atoms with Crippen molar-refractivity contribution in [2.75, 3.05) is 13.7 Å². The van der Waals surface area contributed by atoms with Crippen molar-refractivity contribution in [2.45, 2.75) is 90.3 Å². The quantitative estimate of drug-likeness (QED) is 0.0554. The number of carbonyl (C=O) groups excluding carboxylic acids is 5. The van der Waals surface area contributed by atoms with Crippen LogP contribution < -0.4 is 26.0 Å². The third-order valence-electron chi connectivity index (χ3n) is 7.63. The van der Waals surface area contributed by atoms with Gasteiger partial charge in [-0.3, -0.25) is 9.59 Å². The molecule has 0 saturated heterocycles. The highest BCUT2D eigenvalue weighted by molar-refractivity contribution is 14.1. The van der Waals surface area contributed by atoms with Gasteiger partial charge in [0.2, 0.25) is 11.8 Å². The van der Waals surface area contributed by atoms with Crippen LogP contribution in [0.15, 0.2) is 78.9 Å². The number of nitrogens with one attached hydrogen (secondary N) is 4. The van der Waals surface area contributed by atoms with Crippen LogP contribution in [0.4, 0.5) is 9.59 Å². The van der Waals surface area contributed by atoms with Crippen LogP contribution >= 0.6 is 22.6 Å². The van der Waals surface area contributed by atoms with Crippen LogP contribution in [-0.2, 0) is 48.2 Å². The number of esters is 1. The van der Waals surface area contributed by atoms with E-state index in [2.05, 4.69) is 43.9 Å². The van der Waals surface area contributed by atoms with Crippen molar-refractivity contribution in [3.63, 3.8) is 0 Å². The van der Waals surface area contributed by atoms with Gasteiger partial charge >= 0.3 is 18.2 Å². The molecule has 0 spiro atoms. The van der Waals surface area contributed by atoms with Crippen LogP contribution in [0.2, 0.25) is 0 Å². The second kappa shape index (κ2) is 21.6. The highest BCUT2D eigenvalue weighted by Crippen LogP contribution is 2.24. The van der Waals surface area contributed by atoms with Crippen LogP contribution in [0, 0.1) is 3.57 Å². The Morgan fingerprint density at radius 3 is 1.96 bits per heavy atom. The summed E-state index contributed by atoms with van der Waals surface area (Å²) in [6, 6.07) is 21.3. The van der Waals surface area contributed by atoms with Crippen molar-refractivity contribution in [3.05, 3.63) is 99.1 Å². The molecule has 53 heavy (non-hydrogen) atoms. The number of amides is 4. The number of unbranched alkanes of at least 4 members (excludes halogenated alkanes) is 1. The highest BCUT2D eigenvalue weighted by Gasteiger charge is 2.30. The van der Waals surface area contributed by atoms with Gasteiger partial charge in [0.25, 0.3) is 0 Å². The van der Waals surface area contributed by atoms with Gasteiger partial charge in [-0.2, -0.15) is 0 Å². The maximum absolute atomic E-state index is 13.8. The second-order valence-electron chi connectivity index (χ2n) is 13.2. The summed E-state index contributed by atoms with van der Waals surface area (Å²) < 4.78 is 22.2. The van der Waals surface area contributed by atoms with Crippen molar-refractivity contribution >= 4 is 52.6 Å². The molecule has 4 amide bonds. The number of rotatable bonds is 18. The molecule has 4 N–H and O–H groups in total. The number of alkyl carbamates (subject to hydrolysis) is 2. The number of hydrogen-bond acceptors (Lipinski definition) is 9. The summed E-state index contributed by atoms with van der Waals surface area (Å²) in [5, 5.41) is 10.7. The van der Waals surface area contributed by atoms with E-state index in [1.165, 1.54) is 14.0 Å². The van der Waals surface area contributed by atoms with Crippen LogP contribution in [0.3, 0.4) is 0 Å². The molecule has 3 aromatic carbocycles. The van der Waals surface area contributed by atoms with Gasteiger partial charge in [0, 0.05) is 13.0 Å². The molecule has 0 aliphatic rings. The van der Waals surface area contributed by atoms with E-state index in [1.54, 1.807) is 32.9 Å². The van der Waals surface area contributed by atoms with Crippen molar-refractivity contribution in [3.8, 4) is 5.75 Å². The predicted octanol–water partition coefficient (Wildman–Crippen LogP) is 5.57. The molecule has 0 heterocycles. The minimum absolute atomic E-state index is 0.0641. The Bertz CT molecular complexity index is 1650. The minimum atomic E-state index is -1.13. The van der Waals surface area contributed by atoms with E-state index in [0.717, 1.165) is 20.3 Å². The summed E-state index contributed by atoms with van der Waals surface area (Å²) in [7, 11) is 1.21. The molecule has 13 nitrogen and oxygen atoms in total. The minimum Gasteiger partial charge on any atom is -0.488 e. The smallest absolute Gasteiger partial charge is 0.408 e. The summed E-state index contributed by atoms with van der Waals surface area (Å²) in [6.07, 6.45) is -0.251. The van der Waals surface area contributed by atoms with E-state index in [1.807, 2.05) is 66.7 Å². The lowest BCUT2D eigenvalue weighted by atomic mass is 10.0. The van der Waals surface area contributed by atoms with E-state index in [4.69, 9.17) is 18.9 Å². The monoisotopic (exact) mass is 844 g/mol. The first kappa shape index (κ1) is 42.6. The molecule has 286 valence electrons. The van der Waals surface area contributed by atoms with Gasteiger partial charge in [-0.15, -0.1) is 0 Å². The van der Waals surface area contributed by atoms with E-state index in [0.29, 0.717) is 25.2 Å². The molecular formula is C39H49IN4O9. The van der Waals surface area contributed by atoms with Crippen molar-refractivity contribution in [1.82, 2.24) is 21.3 Å². The Hall–Kier alpha value is -4.86. The standard InChI is InChI=1S/C39H49IN4O9/c1-26(36(47)50-5)42-35(46)32(23-29-19-20-33(30(40)22-29)51-24-27-14-8-6-9-15-27)43-34(45)31(44-38(49)53-39(2,3)4)18-12-13-21-41-37(48)52-25-28-16-10-7-11-17-28/h6-11,14-17,19-20,22,26,31-32H,12-13,18,21,23-25H2,1-5H3,(H,41,48)(H,42,46)(H,43,45)(H,44,49)/t26-,31-,32-/m0/s1. The molecule has 14 heteroatoms. The number of ether oxygens (including phenoxy) is 4. The summed E-state index contributed by atoms with van der Waals surface area (Å²) >= 11 is 2.15. The zero-order valence-electron chi connectivity index (χ0n) is 30.7. The summed E-state index contributed by atoms with van der Waals surface area (Å²) in [6.45, 7) is 7.36. The molecule has 3 rings (SSSR count). The SMILES string of the molecule is COC(=O)[C@H](C)NC(=O)[C@H](Cc1ccc(OCc2ccccc2)c(I)c1)NC(=O)[C@H](CCCCNC(=O)OCc1ccccc1)NC(=O)OC(C)(C)C. The lowest BCUT2D eigenvalue weighted by Gasteiger charge is -2.26. The zero-order valence-corrected chi connectivity index (χ0v) is 32.9. The van der Waals surface area contributed by atoms with Crippen molar-refractivity contribution in [2.24, 2.45) is 0 Å². The van der Waals surface area contributed by atoms with Gasteiger partial charge in [-0.1, -0.05) is 66.7 Å². The van der Waals surface area contributed by atoms with Crippen molar-refractivity contribution < 1.29 is 42.9 Å². The number of halogens is 1. The number of carbonyl (C=O) groups is 5. The van der Waals surface area contributed by atoms with Gasteiger partial charge in [0.15, 0.2) is 0 Å². The number of benzene rings is 3. The van der Waals surface area contributed by atoms with Gasteiger partial charge in [0.05, 0.1) is 10.7 Å². The lowest BCUT2D eigenvalue weighted by Crippen LogP contribution is -2.56. The molecule has 0 bridgehead atoms. The van der Waals surface area contributed by atoms with Gasteiger partial charge in [-0.05, 0) is 98.4 Å². The molecule has 3 aromatic rings. The molecule has 0 fully saturated rings. The van der Waals surface area contributed by atoms with E-state index >= 15 is 0 Å². The fourth-order valence-corrected chi connectivity index (χ4v) is 5.68. The number of hydrogen-bond donors (Lipinski definition) is 4. The van der Waals surface area contributed by atoms with Gasteiger partial charge < -0.3 is 40.2 Å². The average molecular weight is 845 g/mol. The average Bonchev–Trinajstić information content (AvgIpc) is 3.12. The van der Waals surface area contributed by atoms with Crippen molar-refractivity contribution in [1.29, 1.82) is 0 Å². The second-order valence-corrected chi connectivity index (χ2v) is 14.4. The molecule has 0 radical (unpaired) electrons. The lowest BCUT2D eigenvalue weighted by molar-refractivity contribution is -0.144. The molecule has 3 atom stereocenters. The Balaban J connectivity index is 1.69. The van der Waals surface area contributed by atoms with E-state index in [-0.39, 0.29) is 26.0 Å². The maximum atomic E-state index is 13.8. The first-order valence-corrected chi connectivity index (χ1v) is 18.4. The number of methoxy groups -OCH3 is 1. The fourth-order valence-electron chi connectivity index (χ4n) is 4.95. The first-order valence-electron chi connectivity index (χ1n) is 17.3. The van der Waals surface area contributed by atoms with E-state index in [9.17, 15) is 24.0 Å². The summed E-state index contributed by atoms with van der Waals surface area (Å²) in [5.41, 5.74) is 1.76. The highest BCUT2D eigenvalue weighted by atomic mass is 127. The Labute approximate surface area is 324 Å². The van der Waals surface area contributed by atoms with Gasteiger partial charge in [-0.25, -0.2) is 14.4 Å². The molecule has 0 saturated carbocycles. The Kier molecular flexibility index (Phi) is 17.4. The Morgan fingerprint density at radius 1 is 0.736 bits per heavy atom. The third kappa shape index (κ3) is 16.1. The van der Waals surface area contributed by atoms with E-state index < -0.39 is 53.7 Å². The van der Waals surface area contributed by atoms with Crippen LogP contribution in [-0.4, -0.2) is 67.4 Å². The topological polar surface area (TPSA) is 170 Å². The molecule has 0 unspecified atom stereocenters. The summed E-state index contributed by atoms with van der Waals surface area (Å²) in [5.74, 6) is -1.25. The third-order valence-corrected chi connectivity index (χ3v) is 8.47. The molecular weight excluding hydrogens is 795 g/mol. The van der Waals surface area contributed by atoms with Crippen LogP contribution in [0.5, 0.6) is 5.75 Å². The molecule has 0 aliphatic heterocycles.